The summed E-state index contributed by atoms with van der Waals surface area (Å²) in [5.74, 6) is 0.650. The fourth-order valence-electron chi connectivity index (χ4n) is 1.65. The van der Waals surface area contributed by atoms with Crippen molar-refractivity contribution in [2.24, 2.45) is 4.99 Å². The van der Waals surface area contributed by atoms with Gasteiger partial charge in [-0.1, -0.05) is 25.1 Å². The Hall–Kier alpha value is -1.23. The van der Waals surface area contributed by atoms with Crippen LogP contribution in [-0.2, 0) is 6.42 Å². The SMILES string of the molecule is CCNC(=NCC(C)SC)NCCc1ccccc1F. The van der Waals surface area contributed by atoms with Crippen LogP contribution in [-0.4, -0.2) is 37.1 Å². The predicted molar refractivity (Wildman–Crippen MR) is 87.1 cm³/mol. The fraction of sp³-hybridized carbons (Fsp3) is 0.533. The lowest BCUT2D eigenvalue weighted by molar-refractivity contribution is 0.606. The van der Waals surface area contributed by atoms with Gasteiger partial charge in [0.2, 0.25) is 0 Å². The van der Waals surface area contributed by atoms with E-state index in [4.69, 9.17) is 0 Å². The van der Waals surface area contributed by atoms with Gasteiger partial charge in [-0.3, -0.25) is 4.99 Å². The largest absolute Gasteiger partial charge is 0.357 e. The van der Waals surface area contributed by atoms with E-state index in [1.165, 1.54) is 6.07 Å². The Morgan fingerprint density at radius 1 is 1.35 bits per heavy atom. The summed E-state index contributed by atoms with van der Waals surface area (Å²) in [6.45, 7) is 6.44. The Balaban J connectivity index is 2.44. The number of halogens is 1. The molecule has 1 atom stereocenters. The van der Waals surface area contributed by atoms with Crippen molar-refractivity contribution in [2.75, 3.05) is 25.9 Å². The van der Waals surface area contributed by atoms with Crippen LogP contribution in [0.2, 0.25) is 0 Å². The lowest BCUT2D eigenvalue weighted by atomic mass is 10.1. The van der Waals surface area contributed by atoms with Crippen LogP contribution in [0, 0.1) is 5.82 Å². The number of benzene rings is 1. The van der Waals surface area contributed by atoms with E-state index >= 15 is 0 Å². The lowest BCUT2D eigenvalue weighted by Crippen LogP contribution is -2.38. The van der Waals surface area contributed by atoms with Gasteiger partial charge < -0.3 is 10.6 Å². The number of aliphatic imine (C=N–C) groups is 1. The maximum atomic E-state index is 13.5. The number of hydrogen-bond acceptors (Lipinski definition) is 2. The quantitative estimate of drug-likeness (QED) is 0.600. The number of nitrogens with one attached hydrogen (secondary N) is 2. The van der Waals surface area contributed by atoms with Crippen LogP contribution in [0.1, 0.15) is 19.4 Å². The summed E-state index contributed by atoms with van der Waals surface area (Å²) in [6, 6.07) is 6.88. The van der Waals surface area contributed by atoms with Gasteiger partial charge in [0, 0.05) is 18.3 Å². The molecule has 0 aliphatic rings. The Morgan fingerprint density at radius 3 is 2.75 bits per heavy atom. The Morgan fingerprint density at radius 2 is 2.10 bits per heavy atom. The molecule has 1 aromatic carbocycles. The molecule has 0 amide bonds. The van der Waals surface area contributed by atoms with Crippen LogP contribution in [0.25, 0.3) is 0 Å². The maximum Gasteiger partial charge on any atom is 0.191 e. The minimum absolute atomic E-state index is 0.146. The number of guanidine groups is 1. The molecule has 0 saturated carbocycles. The topological polar surface area (TPSA) is 36.4 Å². The number of nitrogens with zero attached hydrogens (tertiary/aromatic N) is 1. The zero-order valence-electron chi connectivity index (χ0n) is 12.4. The van der Waals surface area contributed by atoms with Gasteiger partial charge >= 0.3 is 0 Å². The molecule has 112 valence electrons. The fourth-order valence-corrected chi connectivity index (χ4v) is 1.88. The molecular formula is C15H24FN3S. The highest BCUT2D eigenvalue weighted by atomic mass is 32.2. The molecule has 0 saturated heterocycles. The number of hydrogen-bond donors (Lipinski definition) is 2. The van der Waals surface area contributed by atoms with E-state index in [9.17, 15) is 4.39 Å². The van der Waals surface area contributed by atoms with Gasteiger partial charge in [0.1, 0.15) is 5.82 Å². The van der Waals surface area contributed by atoms with Crippen LogP contribution in [0.5, 0.6) is 0 Å². The maximum absolute atomic E-state index is 13.5. The summed E-state index contributed by atoms with van der Waals surface area (Å²) in [5, 5.41) is 6.93. The van der Waals surface area contributed by atoms with Gasteiger partial charge in [-0.05, 0) is 31.2 Å². The zero-order valence-corrected chi connectivity index (χ0v) is 13.3. The van der Waals surface area contributed by atoms with Crippen molar-refractivity contribution in [2.45, 2.75) is 25.5 Å². The van der Waals surface area contributed by atoms with E-state index in [1.54, 1.807) is 17.8 Å². The van der Waals surface area contributed by atoms with Crippen molar-refractivity contribution in [3.63, 3.8) is 0 Å². The molecule has 0 aliphatic heterocycles. The highest BCUT2D eigenvalue weighted by molar-refractivity contribution is 7.99. The molecule has 0 spiro atoms. The summed E-state index contributed by atoms with van der Waals surface area (Å²) in [6.07, 6.45) is 2.73. The molecular weight excluding hydrogens is 273 g/mol. The van der Waals surface area contributed by atoms with Crippen molar-refractivity contribution in [3.8, 4) is 0 Å². The van der Waals surface area contributed by atoms with Crippen LogP contribution in [0.3, 0.4) is 0 Å². The van der Waals surface area contributed by atoms with Gasteiger partial charge in [0.15, 0.2) is 5.96 Å². The lowest BCUT2D eigenvalue weighted by Gasteiger charge is -2.12. The Labute approximate surface area is 125 Å². The molecule has 0 fully saturated rings. The second-order valence-electron chi connectivity index (χ2n) is 4.53. The molecule has 2 N–H and O–H groups in total. The Kier molecular flexibility index (Phi) is 8.11. The summed E-state index contributed by atoms with van der Waals surface area (Å²) in [4.78, 5) is 4.52. The van der Waals surface area contributed by atoms with Gasteiger partial charge in [0.25, 0.3) is 0 Å². The van der Waals surface area contributed by atoms with Crippen LogP contribution in [0.15, 0.2) is 29.3 Å². The van der Waals surface area contributed by atoms with Crippen LogP contribution < -0.4 is 10.6 Å². The molecule has 0 bridgehead atoms. The average molecular weight is 297 g/mol. The first kappa shape index (κ1) is 16.8. The Bertz CT molecular complexity index is 423. The molecule has 0 aliphatic carbocycles. The molecule has 1 aromatic rings. The van der Waals surface area contributed by atoms with Gasteiger partial charge in [0.05, 0.1) is 6.54 Å². The molecule has 5 heteroatoms. The van der Waals surface area contributed by atoms with Crippen LogP contribution >= 0.6 is 11.8 Å². The van der Waals surface area contributed by atoms with E-state index in [0.29, 0.717) is 18.2 Å². The summed E-state index contributed by atoms with van der Waals surface area (Å²) < 4.78 is 13.5. The van der Waals surface area contributed by atoms with E-state index in [0.717, 1.165) is 24.6 Å². The highest BCUT2D eigenvalue weighted by Crippen LogP contribution is 2.06. The molecule has 0 heterocycles. The smallest absolute Gasteiger partial charge is 0.191 e. The normalized spacial score (nSPS) is 13.1. The van der Waals surface area contributed by atoms with Crippen molar-refractivity contribution < 1.29 is 4.39 Å². The van der Waals surface area contributed by atoms with E-state index in [-0.39, 0.29) is 5.82 Å². The van der Waals surface area contributed by atoms with Crippen molar-refractivity contribution in [1.82, 2.24) is 10.6 Å². The van der Waals surface area contributed by atoms with E-state index in [2.05, 4.69) is 28.8 Å². The molecule has 0 radical (unpaired) electrons. The first-order chi connectivity index (χ1) is 9.67. The number of rotatable bonds is 7. The first-order valence-electron chi connectivity index (χ1n) is 6.95. The third-order valence-corrected chi connectivity index (χ3v) is 3.85. The highest BCUT2D eigenvalue weighted by Gasteiger charge is 2.03. The van der Waals surface area contributed by atoms with Crippen molar-refractivity contribution >= 4 is 17.7 Å². The van der Waals surface area contributed by atoms with Crippen molar-refractivity contribution in [3.05, 3.63) is 35.6 Å². The average Bonchev–Trinajstić information content (AvgIpc) is 2.46. The third-order valence-electron chi connectivity index (χ3n) is 2.90. The van der Waals surface area contributed by atoms with Crippen molar-refractivity contribution in [1.29, 1.82) is 0 Å². The molecule has 20 heavy (non-hydrogen) atoms. The second-order valence-corrected chi connectivity index (χ2v) is 5.81. The second kappa shape index (κ2) is 9.64. The van der Waals surface area contributed by atoms with E-state index < -0.39 is 0 Å². The number of thioether (sulfide) groups is 1. The predicted octanol–water partition coefficient (Wildman–Crippen LogP) is 2.67. The minimum Gasteiger partial charge on any atom is -0.357 e. The molecule has 3 nitrogen and oxygen atoms in total. The minimum atomic E-state index is -0.146. The van der Waals surface area contributed by atoms with Gasteiger partial charge in [-0.25, -0.2) is 4.39 Å². The molecule has 1 unspecified atom stereocenters. The summed E-state index contributed by atoms with van der Waals surface area (Å²) in [7, 11) is 0. The van der Waals surface area contributed by atoms with Crippen LogP contribution in [0.4, 0.5) is 4.39 Å². The molecule has 1 rings (SSSR count). The van der Waals surface area contributed by atoms with Gasteiger partial charge in [-0.2, -0.15) is 11.8 Å². The summed E-state index contributed by atoms with van der Waals surface area (Å²) >= 11 is 1.80. The third kappa shape index (κ3) is 6.28. The van der Waals surface area contributed by atoms with E-state index in [1.807, 2.05) is 19.1 Å². The first-order valence-corrected chi connectivity index (χ1v) is 8.24. The zero-order chi connectivity index (χ0) is 14.8. The molecule has 0 aromatic heterocycles. The standard InChI is InChI=1S/C15H24FN3S/c1-4-17-15(19-11-12(2)20-3)18-10-9-13-7-5-6-8-14(13)16/h5-8,12H,4,9-11H2,1-3H3,(H2,17,18,19). The summed E-state index contributed by atoms with van der Waals surface area (Å²) in [5.41, 5.74) is 0.730. The van der Waals surface area contributed by atoms with Gasteiger partial charge in [-0.15, -0.1) is 0 Å². The monoisotopic (exact) mass is 297 g/mol.